The monoisotopic (exact) mass is 343 g/mol. The number of carboxylic acid groups (broad SMARTS) is 2. The van der Waals surface area contributed by atoms with Crippen LogP contribution in [0.2, 0.25) is 0 Å². The van der Waals surface area contributed by atoms with Gasteiger partial charge in [-0.25, -0.2) is 9.59 Å². The van der Waals surface area contributed by atoms with Crippen molar-refractivity contribution in [1.29, 1.82) is 0 Å². The van der Waals surface area contributed by atoms with Crippen molar-refractivity contribution in [1.82, 2.24) is 0 Å². The van der Waals surface area contributed by atoms with Gasteiger partial charge in [-0.15, -0.1) is 0 Å². The zero-order valence-electron chi connectivity index (χ0n) is 12.7. The summed E-state index contributed by atoms with van der Waals surface area (Å²) in [6.07, 6.45) is 0.311. The molecule has 10 nitrogen and oxygen atoms in total. The first kappa shape index (κ1) is 22.8. The van der Waals surface area contributed by atoms with E-state index in [0.29, 0.717) is 0 Å². The third kappa shape index (κ3) is 10.3. The second kappa shape index (κ2) is 12.1. The molecule has 0 aromatic heterocycles. The van der Waals surface area contributed by atoms with E-state index < -0.39 is 31.3 Å². The molecule has 0 amide bonds. The molecule has 0 rings (SSSR count). The molecule has 0 aliphatic heterocycles. The number of carbonyl (C=O) groups is 3. The van der Waals surface area contributed by atoms with E-state index >= 15 is 0 Å². The average Bonchev–Trinajstić information content (AvgIpc) is 2.45. The maximum Gasteiger partial charge on any atom is 0.414 e. The number of ether oxygens (including phenoxy) is 1. The number of nitrogens with two attached hydrogens (primary N) is 1. The van der Waals surface area contributed by atoms with Gasteiger partial charge in [-0.3, -0.25) is 9.36 Å². The molecule has 0 aliphatic carbocycles. The molecule has 0 bridgehead atoms. The van der Waals surface area contributed by atoms with Gasteiger partial charge in [-0.1, -0.05) is 0 Å². The Labute approximate surface area is 128 Å². The van der Waals surface area contributed by atoms with Crippen LogP contribution >= 0.6 is 7.60 Å². The molecule has 4 N–H and O–H groups in total. The Morgan fingerprint density at radius 2 is 1.50 bits per heavy atom. The fraction of sp³-hybridized carbons (Fsp3) is 0.727. The van der Waals surface area contributed by atoms with Gasteiger partial charge in [0.25, 0.3) is 0 Å². The van der Waals surface area contributed by atoms with Gasteiger partial charge in [0.15, 0.2) is 0 Å². The van der Waals surface area contributed by atoms with E-state index in [1.54, 1.807) is 13.8 Å². The Bertz CT molecular complexity index is 390. The SMILES string of the molecule is CCOP(=O)(OCC)C(N)CCC(=O)OC.O=C(O)C(=O)O. The van der Waals surface area contributed by atoms with Crippen molar-refractivity contribution >= 4 is 25.5 Å². The van der Waals surface area contributed by atoms with Crippen LogP contribution in [-0.4, -0.2) is 54.2 Å². The first-order valence-electron chi connectivity index (χ1n) is 6.31. The van der Waals surface area contributed by atoms with E-state index in [4.69, 9.17) is 34.6 Å². The zero-order valence-corrected chi connectivity index (χ0v) is 13.6. The summed E-state index contributed by atoms with van der Waals surface area (Å²) in [5.41, 5.74) is 5.71. The van der Waals surface area contributed by atoms with Crippen molar-refractivity contribution in [3.8, 4) is 0 Å². The van der Waals surface area contributed by atoms with Crippen LogP contribution in [0.15, 0.2) is 0 Å². The Hall–Kier alpha value is -1.48. The highest BCUT2D eigenvalue weighted by molar-refractivity contribution is 7.54. The molecule has 1 atom stereocenters. The Balaban J connectivity index is 0. The summed E-state index contributed by atoms with van der Waals surface area (Å²) in [6, 6.07) is 0. The average molecular weight is 343 g/mol. The molecular weight excluding hydrogens is 321 g/mol. The maximum absolute atomic E-state index is 12.1. The molecule has 0 spiro atoms. The lowest BCUT2D eigenvalue weighted by molar-refractivity contribution is -0.159. The minimum absolute atomic E-state index is 0.0990. The highest BCUT2D eigenvalue weighted by Crippen LogP contribution is 2.52. The van der Waals surface area contributed by atoms with Crippen LogP contribution in [0, 0.1) is 0 Å². The van der Waals surface area contributed by atoms with E-state index in [1.807, 2.05) is 0 Å². The van der Waals surface area contributed by atoms with Crippen LogP contribution in [0.4, 0.5) is 0 Å². The standard InChI is InChI=1S/C9H20NO5P.C2H2O4/c1-4-14-16(12,15-5-2)8(10)6-7-9(11)13-3;3-1(4)2(5)6/h8H,4-7,10H2,1-3H3;(H,3,4)(H,5,6). The molecule has 0 radical (unpaired) electrons. The summed E-state index contributed by atoms with van der Waals surface area (Å²) in [4.78, 5) is 29.1. The molecule has 0 saturated carbocycles. The van der Waals surface area contributed by atoms with Crippen molar-refractivity contribution < 1.29 is 42.9 Å². The molecule has 0 heterocycles. The minimum atomic E-state index is -3.31. The van der Waals surface area contributed by atoms with Crippen LogP contribution in [0.3, 0.4) is 0 Å². The third-order valence-electron chi connectivity index (χ3n) is 2.08. The van der Waals surface area contributed by atoms with Crippen molar-refractivity contribution in [2.45, 2.75) is 32.5 Å². The number of carboxylic acids is 2. The highest BCUT2D eigenvalue weighted by atomic mass is 31.2. The molecule has 11 heteroatoms. The van der Waals surface area contributed by atoms with Gasteiger partial charge in [0.05, 0.1) is 20.3 Å². The molecular formula is C11H22NO9P. The van der Waals surface area contributed by atoms with Gasteiger partial charge in [0, 0.05) is 6.42 Å². The molecule has 0 saturated heterocycles. The summed E-state index contributed by atoms with van der Waals surface area (Å²) in [7, 11) is -2.02. The normalized spacial score (nSPS) is 11.8. The molecule has 0 fully saturated rings. The van der Waals surface area contributed by atoms with Crippen molar-refractivity contribution in [2.24, 2.45) is 5.73 Å². The van der Waals surface area contributed by atoms with Crippen LogP contribution in [0.5, 0.6) is 0 Å². The van der Waals surface area contributed by atoms with Crippen LogP contribution in [0.1, 0.15) is 26.7 Å². The first-order valence-corrected chi connectivity index (χ1v) is 7.93. The number of rotatable bonds is 8. The molecule has 130 valence electrons. The summed E-state index contributed by atoms with van der Waals surface area (Å²) in [5, 5.41) is 14.8. The molecule has 22 heavy (non-hydrogen) atoms. The van der Waals surface area contributed by atoms with E-state index in [2.05, 4.69) is 4.74 Å². The van der Waals surface area contributed by atoms with Gasteiger partial charge in [-0.05, 0) is 20.3 Å². The molecule has 0 aromatic carbocycles. The lowest BCUT2D eigenvalue weighted by Gasteiger charge is -2.22. The molecule has 0 aliphatic rings. The second-order valence-corrected chi connectivity index (χ2v) is 5.93. The van der Waals surface area contributed by atoms with E-state index in [9.17, 15) is 9.36 Å². The number of aliphatic carboxylic acids is 2. The van der Waals surface area contributed by atoms with Crippen molar-refractivity contribution in [3.63, 3.8) is 0 Å². The van der Waals surface area contributed by atoms with Crippen LogP contribution in [-0.2, 0) is 32.7 Å². The lowest BCUT2D eigenvalue weighted by atomic mass is 10.3. The fourth-order valence-electron chi connectivity index (χ4n) is 1.11. The molecule has 1 unspecified atom stereocenters. The maximum atomic E-state index is 12.1. The van der Waals surface area contributed by atoms with E-state index in [-0.39, 0.29) is 26.1 Å². The Morgan fingerprint density at radius 1 is 1.09 bits per heavy atom. The number of hydrogen-bond donors (Lipinski definition) is 3. The van der Waals surface area contributed by atoms with Gasteiger partial charge in [0.1, 0.15) is 5.78 Å². The predicted molar refractivity (Wildman–Crippen MR) is 75.4 cm³/mol. The number of carbonyl (C=O) groups excluding carboxylic acids is 1. The lowest BCUT2D eigenvalue weighted by Crippen LogP contribution is -2.24. The predicted octanol–water partition coefficient (Wildman–Crippen LogP) is 0.646. The molecule has 0 aromatic rings. The van der Waals surface area contributed by atoms with E-state index in [0.717, 1.165) is 0 Å². The summed E-state index contributed by atoms with van der Waals surface area (Å²) in [5.74, 6) is -4.84. The quantitative estimate of drug-likeness (QED) is 0.324. The topological polar surface area (TPSA) is 162 Å². The zero-order chi connectivity index (χ0) is 17.8. The highest BCUT2D eigenvalue weighted by Gasteiger charge is 2.32. The largest absolute Gasteiger partial charge is 0.473 e. The van der Waals surface area contributed by atoms with E-state index in [1.165, 1.54) is 7.11 Å². The van der Waals surface area contributed by atoms with Gasteiger partial charge < -0.3 is 29.7 Å². The summed E-state index contributed by atoms with van der Waals surface area (Å²) in [6.45, 7) is 3.92. The number of hydrogen-bond acceptors (Lipinski definition) is 8. The Morgan fingerprint density at radius 3 is 1.77 bits per heavy atom. The first-order chi connectivity index (χ1) is 10.1. The van der Waals surface area contributed by atoms with Crippen LogP contribution < -0.4 is 5.73 Å². The number of methoxy groups -OCH3 is 1. The summed E-state index contributed by atoms with van der Waals surface area (Å²) < 4.78 is 26.7. The summed E-state index contributed by atoms with van der Waals surface area (Å²) >= 11 is 0. The van der Waals surface area contributed by atoms with Gasteiger partial charge in [-0.2, -0.15) is 0 Å². The van der Waals surface area contributed by atoms with Crippen LogP contribution in [0.25, 0.3) is 0 Å². The third-order valence-corrected chi connectivity index (χ3v) is 4.39. The fourth-order valence-corrected chi connectivity index (χ4v) is 2.74. The second-order valence-electron chi connectivity index (χ2n) is 3.67. The van der Waals surface area contributed by atoms with Gasteiger partial charge >= 0.3 is 25.5 Å². The van der Waals surface area contributed by atoms with Crippen molar-refractivity contribution in [2.75, 3.05) is 20.3 Å². The number of esters is 1. The minimum Gasteiger partial charge on any atom is -0.473 e. The smallest absolute Gasteiger partial charge is 0.414 e. The Kier molecular flexibility index (Phi) is 12.5. The van der Waals surface area contributed by atoms with Gasteiger partial charge in [0.2, 0.25) is 0 Å². The van der Waals surface area contributed by atoms with Crippen molar-refractivity contribution in [3.05, 3.63) is 0 Å².